The van der Waals surface area contributed by atoms with Crippen LogP contribution in [0.15, 0.2) is 246 Å². The predicted molar refractivity (Wildman–Crippen MR) is 312 cm³/mol. The maximum Gasteiger partial charge on any atom is 0.264 e. The van der Waals surface area contributed by atoms with E-state index in [1.807, 2.05) is 107 Å². The molecule has 2 saturated heterocycles. The molecule has 2 amide bonds. The Morgan fingerprint density at radius 2 is 0.759 bits per heavy atom. The molecular weight excluding hydrogens is 1030 g/mol. The number of sulfonamides is 2. The Kier molecular flexibility index (Phi) is 16.5. The molecule has 11 rings (SSSR count). The van der Waals surface area contributed by atoms with E-state index in [1.54, 1.807) is 103 Å². The maximum atomic E-state index is 14.0. The molecule has 0 N–H and O–H groups in total. The molecule has 0 spiro atoms. The fourth-order valence-corrected chi connectivity index (χ4v) is 12.8. The highest BCUT2D eigenvalue weighted by atomic mass is 32.2. The second kappa shape index (κ2) is 24.3. The number of hydrogen-bond acceptors (Lipinski definition) is 8. The van der Waals surface area contributed by atoms with Gasteiger partial charge in [0.1, 0.15) is 5.82 Å². The van der Waals surface area contributed by atoms with Crippen LogP contribution in [0.4, 0.5) is 27.1 Å². The molecule has 0 atom stereocenters. The molecule has 0 saturated carbocycles. The molecule has 0 aromatic heterocycles. The van der Waals surface area contributed by atoms with Gasteiger partial charge in [-0.1, -0.05) is 127 Å². The number of anilines is 4. The number of amides is 2. The third-order valence-corrected chi connectivity index (χ3v) is 17.8. The minimum Gasteiger partial charge on any atom is -0.368 e. The Labute approximate surface area is 461 Å². The highest BCUT2D eigenvalue weighted by Gasteiger charge is 2.29. The third kappa shape index (κ3) is 12.6. The molecule has 15 heteroatoms. The first-order chi connectivity index (χ1) is 38.4. The van der Waals surface area contributed by atoms with Crippen molar-refractivity contribution in [2.45, 2.75) is 22.9 Å². The number of carbonyl (C=O) groups is 2. The standard InChI is InChI=1S/C34H31N3O3S.C30H28FN3O3S/c38-34(36-23-21-35(22-24-36)31-13-5-2-6-14-31)29-15-18-32(19-16-29)37(26-27-9-3-1-4-10-27)41(39,40)33-20-17-28-11-7-8-12-30(28)25-33;31-26-15-11-24(12-16-26)23-34(38(36,37)29-9-5-2-6-10-29)28-17-13-25(14-18-28)30(35)33-21-19-32(20-22-33)27-7-3-1-4-8-27/h1-20,25H,21-24,26H2;1-18H,19-23H2. The normalized spacial score (nSPS) is 13.8. The smallest absolute Gasteiger partial charge is 0.264 e. The number of hydrogen-bond donors (Lipinski definition) is 0. The minimum atomic E-state index is -3.91. The summed E-state index contributed by atoms with van der Waals surface area (Å²) in [6.07, 6.45) is 0. The number of fused-ring (bicyclic) bond motifs is 1. The lowest BCUT2D eigenvalue weighted by atomic mass is 10.1. The quantitative estimate of drug-likeness (QED) is 0.106. The molecule has 79 heavy (non-hydrogen) atoms. The van der Waals surface area contributed by atoms with Gasteiger partial charge in [-0.05, 0) is 131 Å². The Hall–Kier alpha value is -8.79. The molecule has 0 bridgehead atoms. The van der Waals surface area contributed by atoms with Crippen LogP contribution in [-0.2, 0) is 33.1 Å². The van der Waals surface area contributed by atoms with Crippen LogP contribution < -0.4 is 18.4 Å². The second-order valence-electron chi connectivity index (χ2n) is 19.3. The molecule has 2 aliphatic heterocycles. The van der Waals surface area contributed by atoms with E-state index in [9.17, 15) is 30.8 Å². The first-order valence-electron chi connectivity index (χ1n) is 26.2. The van der Waals surface area contributed by atoms with Crippen molar-refractivity contribution in [1.29, 1.82) is 0 Å². The highest BCUT2D eigenvalue weighted by molar-refractivity contribution is 7.93. The van der Waals surface area contributed by atoms with Crippen LogP contribution in [0.3, 0.4) is 0 Å². The largest absolute Gasteiger partial charge is 0.368 e. The SMILES string of the molecule is O=C(c1ccc(N(Cc2ccc(F)cc2)S(=O)(=O)c2ccccc2)cc1)N1CCN(c2ccccc2)CC1.O=C(c1ccc(N(Cc2ccccc2)S(=O)(=O)c2ccc3ccccc3c2)cc1)N1CCN(c2ccccc2)CC1. The van der Waals surface area contributed by atoms with Crippen molar-refractivity contribution in [2.75, 3.05) is 70.8 Å². The molecule has 2 fully saturated rings. The van der Waals surface area contributed by atoms with Crippen molar-refractivity contribution in [3.63, 3.8) is 0 Å². The van der Waals surface area contributed by atoms with E-state index in [1.165, 1.54) is 20.7 Å². The van der Waals surface area contributed by atoms with Crippen LogP contribution in [0.25, 0.3) is 10.8 Å². The summed E-state index contributed by atoms with van der Waals surface area (Å²) in [5.74, 6) is -0.518. The van der Waals surface area contributed by atoms with E-state index in [4.69, 9.17) is 0 Å². The van der Waals surface area contributed by atoms with Crippen LogP contribution in [0.2, 0.25) is 0 Å². The van der Waals surface area contributed by atoms with Gasteiger partial charge in [0.25, 0.3) is 31.9 Å². The first-order valence-corrected chi connectivity index (χ1v) is 29.1. The van der Waals surface area contributed by atoms with Crippen molar-refractivity contribution in [2.24, 2.45) is 0 Å². The zero-order chi connectivity index (χ0) is 54.8. The van der Waals surface area contributed by atoms with Crippen LogP contribution in [0.5, 0.6) is 0 Å². The molecule has 2 aliphatic rings. The van der Waals surface area contributed by atoms with Crippen LogP contribution >= 0.6 is 0 Å². The highest BCUT2D eigenvalue weighted by Crippen LogP contribution is 2.31. The summed E-state index contributed by atoms with van der Waals surface area (Å²) in [4.78, 5) is 35.1. The zero-order valence-corrected chi connectivity index (χ0v) is 45.0. The summed E-state index contributed by atoms with van der Waals surface area (Å²) < 4.78 is 71.4. The third-order valence-electron chi connectivity index (χ3n) is 14.2. The zero-order valence-electron chi connectivity index (χ0n) is 43.4. The average Bonchev–Trinajstić information content (AvgIpc) is 3.57. The average molecular weight is 1090 g/mol. The van der Waals surface area contributed by atoms with Crippen molar-refractivity contribution in [3.05, 3.63) is 265 Å². The van der Waals surface area contributed by atoms with Crippen molar-refractivity contribution < 1.29 is 30.8 Å². The summed E-state index contributed by atoms with van der Waals surface area (Å²) in [6.45, 7) is 5.69. The van der Waals surface area contributed by atoms with Gasteiger partial charge in [0.2, 0.25) is 0 Å². The van der Waals surface area contributed by atoms with Gasteiger partial charge in [-0.15, -0.1) is 0 Å². The molecular formula is C64H59FN6O6S2. The molecule has 0 aliphatic carbocycles. The van der Waals surface area contributed by atoms with E-state index >= 15 is 0 Å². The van der Waals surface area contributed by atoms with Crippen LogP contribution in [0.1, 0.15) is 31.8 Å². The predicted octanol–water partition coefficient (Wildman–Crippen LogP) is 11.4. The molecule has 2 heterocycles. The summed E-state index contributed by atoms with van der Waals surface area (Å²) in [7, 11) is -7.81. The monoisotopic (exact) mass is 1090 g/mol. The van der Waals surface area contributed by atoms with Gasteiger partial charge in [0.15, 0.2) is 0 Å². The number of rotatable bonds is 14. The molecule has 9 aromatic carbocycles. The topological polar surface area (TPSA) is 122 Å². The molecule has 9 aromatic rings. The maximum absolute atomic E-state index is 14.0. The Morgan fingerprint density at radius 1 is 0.380 bits per heavy atom. The molecule has 0 unspecified atom stereocenters. The number of piperazine rings is 2. The van der Waals surface area contributed by atoms with Crippen molar-refractivity contribution in [1.82, 2.24) is 9.80 Å². The van der Waals surface area contributed by atoms with Gasteiger partial charge in [0, 0.05) is 74.9 Å². The van der Waals surface area contributed by atoms with Crippen molar-refractivity contribution in [3.8, 4) is 0 Å². The van der Waals surface area contributed by atoms with Crippen LogP contribution in [0, 0.1) is 5.82 Å². The van der Waals surface area contributed by atoms with E-state index in [0.717, 1.165) is 53.9 Å². The first kappa shape index (κ1) is 53.6. The number of benzene rings is 9. The Bertz CT molecular complexity index is 3720. The van der Waals surface area contributed by atoms with Gasteiger partial charge in [-0.3, -0.25) is 18.2 Å². The van der Waals surface area contributed by atoms with Gasteiger partial charge in [-0.2, -0.15) is 0 Å². The summed E-state index contributed by atoms with van der Waals surface area (Å²) in [6, 6.07) is 70.3. The van der Waals surface area contributed by atoms with Crippen molar-refractivity contribution >= 4 is 65.4 Å². The Balaban J connectivity index is 0.000000179. The van der Waals surface area contributed by atoms with Crippen LogP contribution in [-0.4, -0.2) is 90.8 Å². The van der Waals surface area contributed by atoms with E-state index in [0.29, 0.717) is 54.2 Å². The number of nitrogens with zero attached hydrogens (tertiary/aromatic N) is 6. The number of carbonyl (C=O) groups excluding carboxylic acids is 2. The molecule has 12 nitrogen and oxygen atoms in total. The molecule has 400 valence electrons. The number of halogens is 1. The Morgan fingerprint density at radius 3 is 1.22 bits per heavy atom. The lowest BCUT2D eigenvalue weighted by molar-refractivity contribution is 0.0739. The second-order valence-corrected chi connectivity index (χ2v) is 23.0. The summed E-state index contributed by atoms with van der Waals surface area (Å²) >= 11 is 0. The van der Waals surface area contributed by atoms with Gasteiger partial charge < -0.3 is 19.6 Å². The van der Waals surface area contributed by atoms with Gasteiger partial charge in [-0.25, -0.2) is 21.2 Å². The van der Waals surface area contributed by atoms with E-state index in [2.05, 4.69) is 34.1 Å². The van der Waals surface area contributed by atoms with E-state index < -0.39 is 25.9 Å². The summed E-state index contributed by atoms with van der Waals surface area (Å²) in [5.41, 5.74) is 5.79. The lowest BCUT2D eigenvalue weighted by Crippen LogP contribution is -2.48. The number of para-hydroxylation sites is 2. The van der Waals surface area contributed by atoms with Gasteiger partial charge in [0.05, 0.1) is 34.3 Å². The molecule has 0 radical (unpaired) electrons. The minimum absolute atomic E-state index is 0.0201. The van der Waals surface area contributed by atoms with Gasteiger partial charge >= 0.3 is 0 Å². The fourth-order valence-electron chi connectivity index (χ4n) is 9.83. The fraction of sp³-hybridized carbons (Fsp3) is 0.156. The summed E-state index contributed by atoms with van der Waals surface area (Å²) in [5, 5.41) is 1.84. The lowest BCUT2D eigenvalue weighted by Gasteiger charge is -2.36. The van der Waals surface area contributed by atoms with E-state index in [-0.39, 0.29) is 34.7 Å².